The van der Waals surface area contributed by atoms with Gasteiger partial charge in [-0.15, -0.1) is 12.4 Å². The SMILES string of the molecule is COc1ccccc1CN(C)C(=O)c1ccnc(CN)c1.Cl. The normalized spacial score (nSPS) is 9.77. The number of nitrogens with zero attached hydrogens (tertiary/aromatic N) is 2. The number of amides is 1. The van der Waals surface area contributed by atoms with Gasteiger partial charge in [-0.1, -0.05) is 18.2 Å². The van der Waals surface area contributed by atoms with Crippen LogP contribution in [0, 0.1) is 0 Å². The molecule has 0 aliphatic carbocycles. The van der Waals surface area contributed by atoms with Crippen LogP contribution in [0.25, 0.3) is 0 Å². The van der Waals surface area contributed by atoms with Crippen LogP contribution in [0.3, 0.4) is 0 Å². The molecule has 5 nitrogen and oxygen atoms in total. The second kappa shape index (κ2) is 8.36. The Morgan fingerprint density at radius 2 is 2.05 bits per heavy atom. The molecular weight excluding hydrogens is 302 g/mol. The Morgan fingerprint density at radius 3 is 2.73 bits per heavy atom. The Morgan fingerprint density at radius 1 is 1.32 bits per heavy atom. The van der Waals surface area contributed by atoms with Gasteiger partial charge in [0.1, 0.15) is 5.75 Å². The highest BCUT2D eigenvalue weighted by Gasteiger charge is 2.14. The number of rotatable bonds is 5. The molecule has 1 aromatic heterocycles. The lowest BCUT2D eigenvalue weighted by molar-refractivity contribution is 0.0784. The molecule has 1 heterocycles. The van der Waals surface area contributed by atoms with Crippen molar-refractivity contribution < 1.29 is 9.53 Å². The number of nitrogens with two attached hydrogens (primary N) is 1. The first-order valence-corrected chi connectivity index (χ1v) is 6.68. The smallest absolute Gasteiger partial charge is 0.254 e. The minimum atomic E-state index is -0.0713. The number of benzene rings is 1. The first-order valence-electron chi connectivity index (χ1n) is 6.68. The monoisotopic (exact) mass is 321 g/mol. The molecule has 6 heteroatoms. The Bertz CT molecular complexity index is 634. The fraction of sp³-hybridized carbons (Fsp3) is 0.250. The summed E-state index contributed by atoms with van der Waals surface area (Å²) < 4.78 is 5.30. The number of hydrogen-bond acceptors (Lipinski definition) is 4. The number of carbonyl (C=O) groups excluding carboxylic acids is 1. The van der Waals surface area contributed by atoms with E-state index in [0.29, 0.717) is 24.3 Å². The molecule has 1 amide bonds. The van der Waals surface area contributed by atoms with Gasteiger partial charge in [0.05, 0.1) is 12.8 Å². The highest BCUT2D eigenvalue weighted by molar-refractivity contribution is 5.94. The van der Waals surface area contributed by atoms with Crippen LogP contribution in [0.4, 0.5) is 0 Å². The molecular formula is C16H20ClN3O2. The number of methoxy groups -OCH3 is 1. The second-order valence-electron chi connectivity index (χ2n) is 4.71. The molecule has 0 aliphatic rings. The van der Waals surface area contributed by atoms with E-state index in [1.165, 1.54) is 0 Å². The zero-order valence-corrected chi connectivity index (χ0v) is 13.5. The van der Waals surface area contributed by atoms with Gasteiger partial charge in [-0.3, -0.25) is 9.78 Å². The van der Waals surface area contributed by atoms with Crippen LogP contribution < -0.4 is 10.5 Å². The van der Waals surface area contributed by atoms with Gasteiger partial charge in [0.2, 0.25) is 0 Å². The Labute approximate surface area is 136 Å². The van der Waals surface area contributed by atoms with Crippen molar-refractivity contribution in [3.63, 3.8) is 0 Å². The molecule has 1 aromatic carbocycles. The number of ether oxygens (including phenoxy) is 1. The molecule has 22 heavy (non-hydrogen) atoms. The summed E-state index contributed by atoms with van der Waals surface area (Å²) in [5, 5.41) is 0. The predicted octanol–water partition coefficient (Wildman–Crippen LogP) is 2.24. The number of hydrogen-bond donors (Lipinski definition) is 1. The number of halogens is 1. The van der Waals surface area contributed by atoms with Gasteiger partial charge in [0, 0.05) is 37.5 Å². The average molecular weight is 322 g/mol. The molecule has 0 fully saturated rings. The summed E-state index contributed by atoms with van der Waals surface area (Å²) in [6.45, 7) is 0.792. The quantitative estimate of drug-likeness (QED) is 0.917. The second-order valence-corrected chi connectivity index (χ2v) is 4.71. The van der Waals surface area contributed by atoms with Crippen molar-refractivity contribution in [2.75, 3.05) is 14.2 Å². The zero-order valence-electron chi connectivity index (χ0n) is 12.7. The molecule has 0 saturated carbocycles. The van der Waals surface area contributed by atoms with Crippen molar-refractivity contribution in [1.82, 2.24) is 9.88 Å². The molecule has 0 unspecified atom stereocenters. The van der Waals surface area contributed by atoms with Crippen molar-refractivity contribution in [1.29, 1.82) is 0 Å². The van der Waals surface area contributed by atoms with Crippen LogP contribution in [-0.4, -0.2) is 29.9 Å². The van der Waals surface area contributed by atoms with Crippen molar-refractivity contribution in [2.45, 2.75) is 13.1 Å². The molecule has 0 atom stereocenters. The van der Waals surface area contributed by atoms with Crippen LogP contribution in [-0.2, 0) is 13.1 Å². The number of aromatic nitrogens is 1. The Kier molecular flexibility index (Phi) is 6.82. The van der Waals surface area contributed by atoms with Gasteiger partial charge in [0.15, 0.2) is 0 Å². The summed E-state index contributed by atoms with van der Waals surface area (Å²) in [6.07, 6.45) is 1.60. The topological polar surface area (TPSA) is 68.5 Å². The maximum atomic E-state index is 12.4. The molecule has 2 N–H and O–H groups in total. The highest BCUT2D eigenvalue weighted by Crippen LogP contribution is 2.19. The van der Waals surface area contributed by atoms with E-state index in [-0.39, 0.29) is 18.3 Å². The Balaban J connectivity index is 0.00000242. The summed E-state index contributed by atoms with van der Waals surface area (Å²) in [4.78, 5) is 18.2. The molecule has 0 radical (unpaired) electrons. The summed E-state index contributed by atoms with van der Waals surface area (Å²) in [5.41, 5.74) is 7.80. The third kappa shape index (κ3) is 4.19. The largest absolute Gasteiger partial charge is 0.496 e. The van der Waals surface area contributed by atoms with Gasteiger partial charge >= 0.3 is 0 Å². The van der Waals surface area contributed by atoms with Crippen LogP contribution in [0.5, 0.6) is 5.75 Å². The minimum absolute atomic E-state index is 0. The van der Waals surface area contributed by atoms with Crippen molar-refractivity contribution in [3.05, 3.63) is 59.4 Å². The van der Waals surface area contributed by atoms with Crippen LogP contribution in [0.1, 0.15) is 21.6 Å². The lowest BCUT2D eigenvalue weighted by Gasteiger charge is -2.19. The molecule has 0 saturated heterocycles. The summed E-state index contributed by atoms with van der Waals surface area (Å²) in [6, 6.07) is 11.1. The predicted molar refractivity (Wildman–Crippen MR) is 88.2 cm³/mol. The van der Waals surface area contributed by atoms with Crippen molar-refractivity contribution >= 4 is 18.3 Å². The lowest BCUT2D eigenvalue weighted by Crippen LogP contribution is -2.26. The van der Waals surface area contributed by atoms with E-state index in [4.69, 9.17) is 10.5 Å². The molecule has 0 spiro atoms. The molecule has 0 bridgehead atoms. The highest BCUT2D eigenvalue weighted by atomic mass is 35.5. The first kappa shape index (κ1) is 17.9. The average Bonchev–Trinajstić information content (AvgIpc) is 2.54. The van der Waals surface area contributed by atoms with Crippen molar-refractivity contribution in [2.24, 2.45) is 5.73 Å². The van der Waals surface area contributed by atoms with Gasteiger partial charge in [-0.2, -0.15) is 0 Å². The number of carbonyl (C=O) groups is 1. The summed E-state index contributed by atoms with van der Waals surface area (Å²) >= 11 is 0. The molecule has 0 aliphatic heterocycles. The van der Waals surface area contributed by atoms with Crippen LogP contribution in [0.2, 0.25) is 0 Å². The van der Waals surface area contributed by atoms with Crippen molar-refractivity contribution in [3.8, 4) is 5.75 Å². The standard InChI is InChI=1S/C16H19N3O2.ClH/c1-19(11-13-5-3-4-6-15(13)21-2)16(20)12-7-8-18-14(9-12)10-17;/h3-9H,10-11,17H2,1-2H3;1H. The van der Waals surface area contributed by atoms with Gasteiger partial charge in [-0.25, -0.2) is 0 Å². The zero-order chi connectivity index (χ0) is 15.2. The van der Waals surface area contributed by atoms with E-state index >= 15 is 0 Å². The van der Waals surface area contributed by atoms with E-state index in [0.717, 1.165) is 11.3 Å². The van der Waals surface area contributed by atoms with E-state index in [9.17, 15) is 4.79 Å². The van der Waals surface area contributed by atoms with Gasteiger partial charge in [-0.05, 0) is 18.2 Å². The third-order valence-electron chi connectivity index (χ3n) is 3.22. The lowest BCUT2D eigenvalue weighted by atomic mass is 10.1. The van der Waals surface area contributed by atoms with Gasteiger partial charge in [0.25, 0.3) is 5.91 Å². The number of pyridine rings is 1. The summed E-state index contributed by atoms with van der Waals surface area (Å²) in [7, 11) is 3.38. The van der Waals surface area contributed by atoms with Crippen LogP contribution >= 0.6 is 12.4 Å². The van der Waals surface area contributed by atoms with E-state index in [1.807, 2.05) is 24.3 Å². The molecule has 2 rings (SSSR count). The van der Waals surface area contributed by atoms with Crippen LogP contribution in [0.15, 0.2) is 42.6 Å². The number of para-hydroxylation sites is 1. The maximum absolute atomic E-state index is 12.4. The van der Waals surface area contributed by atoms with E-state index in [1.54, 1.807) is 37.4 Å². The van der Waals surface area contributed by atoms with E-state index in [2.05, 4.69) is 4.98 Å². The minimum Gasteiger partial charge on any atom is -0.496 e. The first-order chi connectivity index (χ1) is 10.2. The molecule has 2 aromatic rings. The Hall–Kier alpha value is -2.11. The summed E-state index contributed by atoms with van der Waals surface area (Å²) in [5.74, 6) is 0.701. The maximum Gasteiger partial charge on any atom is 0.254 e. The fourth-order valence-corrected chi connectivity index (χ4v) is 2.10. The van der Waals surface area contributed by atoms with Gasteiger partial charge < -0.3 is 15.4 Å². The fourth-order valence-electron chi connectivity index (χ4n) is 2.10. The molecule has 118 valence electrons. The van der Waals surface area contributed by atoms with E-state index < -0.39 is 0 Å². The third-order valence-corrected chi connectivity index (χ3v) is 3.22.